The summed E-state index contributed by atoms with van der Waals surface area (Å²) < 4.78 is 7.90. The summed E-state index contributed by atoms with van der Waals surface area (Å²) in [4.78, 5) is 21.0. The number of ether oxygens (including phenoxy) is 1. The molecule has 3 N–H and O–H groups in total. The maximum atomic E-state index is 11.2. The van der Waals surface area contributed by atoms with Gasteiger partial charge >= 0.3 is 6.09 Å². The minimum Gasteiger partial charge on any atom is -0.465 e. The summed E-state index contributed by atoms with van der Waals surface area (Å²) in [5.41, 5.74) is 7.07. The van der Waals surface area contributed by atoms with Crippen molar-refractivity contribution in [3.63, 3.8) is 0 Å². The number of carboxylic acid groups (broad SMARTS) is 1. The molecule has 1 fully saturated rings. The van der Waals surface area contributed by atoms with Crippen molar-refractivity contribution in [3.8, 4) is 11.3 Å². The Bertz CT molecular complexity index is 752. The molecule has 0 saturated carbocycles. The van der Waals surface area contributed by atoms with Crippen LogP contribution in [0.15, 0.2) is 23.2 Å². The highest BCUT2D eigenvalue weighted by Crippen LogP contribution is 2.21. The van der Waals surface area contributed by atoms with E-state index in [0.717, 1.165) is 5.56 Å². The summed E-state index contributed by atoms with van der Waals surface area (Å²) in [6.45, 7) is 2.98. The van der Waals surface area contributed by atoms with Crippen molar-refractivity contribution in [3.05, 3.63) is 23.2 Å². The van der Waals surface area contributed by atoms with E-state index >= 15 is 0 Å². The summed E-state index contributed by atoms with van der Waals surface area (Å²) in [5, 5.41) is 13.5. The second-order valence-corrected chi connectivity index (χ2v) is 6.37. The standard InChI is InChI=1S/C14H17BrN6O3/c1-8-7-24-10(6-21(8)14(22)23)5-20-4-9(2-18-20)11-3-17-13(16)12(15)19-11/h2-4,8,10H,5-7H2,1H3,(H2,16,17)(H,22,23)/t8-,10+/m1/s1. The van der Waals surface area contributed by atoms with Gasteiger partial charge in [0, 0.05) is 11.8 Å². The number of halogens is 1. The Morgan fingerprint density at radius 3 is 3.04 bits per heavy atom. The topological polar surface area (TPSA) is 119 Å². The molecule has 10 heteroatoms. The van der Waals surface area contributed by atoms with Crippen molar-refractivity contribution >= 4 is 27.8 Å². The highest BCUT2D eigenvalue weighted by Gasteiger charge is 2.29. The molecule has 1 amide bonds. The van der Waals surface area contributed by atoms with E-state index in [4.69, 9.17) is 10.5 Å². The van der Waals surface area contributed by atoms with Gasteiger partial charge in [0.15, 0.2) is 5.82 Å². The number of hydrogen-bond acceptors (Lipinski definition) is 6. The van der Waals surface area contributed by atoms with Crippen molar-refractivity contribution in [2.45, 2.75) is 25.6 Å². The maximum Gasteiger partial charge on any atom is 0.407 e. The Hall–Kier alpha value is -2.20. The fraction of sp³-hybridized carbons (Fsp3) is 0.429. The third kappa shape index (κ3) is 3.49. The second kappa shape index (κ2) is 6.73. The normalized spacial score (nSPS) is 21.0. The first kappa shape index (κ1) is 16.7. The van der Waals surface area contributed by atoms with Crippen molar-refractivity contribution in [1.82, 2.24) is 24.6 Å². The number of amides is 1. The number of nitrogens with zero attached hydrogens (tertiary/aromatic N) is 5. The zero-order valence-electron chi connectivity index (χ0n) is 13.0. The molecule has 0 bridgehead atoms. The molecule has 1 aliphatic heterocycles. The molecule has 1 saturated heterocycles. The first-order valence-electron chi connectivity index (χ1n) is 7.36. The molecule has 2 aromatic rings. The van der Waals surface area contributed by atoms with E-state index in [9.17, 15) is 9.90 Å². The van der Waals surface area contributed by atoms with E-state index in [2.05, 4.69) is 31.0 Å². The monoisotopic (exact) mass is 396 g/mol. The van der Waals surface area contributed by atoms with Crippen molar-refractivity contribution in [2.75, 3.05) is 18.9 Å². The zero-order chi connectivity index (χ0) is 17.3. The highest BCUT2D eigenvalue weighted by atomic mass is 79.9. The number of anilines is 1. The maximum absolute atomic E-state index is 11.2. The SMILES string of the molecule is C[C@@H]1CO[C@@H](Cn2cc(-c3cnc(N)c(Br)n3)cn2)CN1C(=O)O. The van der Waals surface area contributed by atoms with E-state index in [1.807, 2.05) is 13.1 Å². The Balaban J connectivity index is 1.70. The van der Waals surface area contributed by atoms with Crippen LogP contribution in [-0.4, -0.2) is 61.1 Å². The van der Waals surface area contributed by atoms with E-state index in [-0.39, 0.29) is 12.1 Å². The Labute approximate surface area is 146 Å². The minimum atomic E-state index is -0.932. The van der Waals surface area contributed by atoms with Gasteiger partial charge in [0.25, 0.3) is 0 Å². The third-order valence-corrected chi connectivity index (χ3v) is 4.41. The first-order valence-corrected chi connectivity index (χ1v) is 8.15. The molecule has 0 aromatic carbocycles. The smallest absolute Gasteiger partial charge is 0.407 e. The first-order chi connectivity index (χ1) is 11.4. The van der Waals surface area contributed by atoms with Crippen LogP contribution >= 0.6 is 15.9 Å². The lowest BCUT2D eigenvalue weighted by Crippen LogP contribution is -2.51. The van der Waals surface area contributed by atoms with Crippen LogP contribution in [0.1, 0.15) is 6.92 Å². The van der Waals surface area contributed by atoms with Gasteiger partial charge in [0.2, 0.25) is 0 Å². The molecule has 1 aliphatic rings. The number of hydrogen-bond donors (Lipinski definition) is 2. The van der Waals surface area contributed by atoms with Gasteiger partial charge in [0.05, 0.1) is 49.9 Å². The molecule has 2 atom stereocenters. The van der Waals surface area contributed by atoms with Gasteiger partial charge in [-0.05, 0) is 22.9 Å². The van der Waals surface area contributed by atoms with Crippen LogP contribution in [-0.2, 0) is 11.3 Å². The van der Waals surface area contributed by atoms with E-state index < -0.39 is 6.09 Å². The van der Waals surface area contributed by atoms with Gasteiger partial charge in [-0.1, -0.05) is 0 Å². The minimum absolute atomic E-state index is 0.144. The molecular weight excluding hydrogens is 380 g/mol. The summed E-state index contributed by atoms with van der Waals surface area (Å²) in [6, 6.07) is -0.144. The van der Waals surface area contributed by atoms with Crippen LogP contribution in [0.4, 0.5) is 10.6 Å². The average Bonchev–Trinajstić information content (AvgIpc) is 3.00. The van der Waals surface area contributed by atoms with Crippen molar-refractivity contribution in [2.24, 2.45) is 0 Å². The molecule has 3 heterocycles. The van der Waals surface area contributed by atoms with Crippen LogP contribution in [0.5, 0.6) is 0 Å². The molecule has 24 heavy (non-hydrogen) atoms. The van der Waals surface area contributed by atoms with Crippen LogP contribution in [0.25, 0.3) is 11.3 Å². The van der Waals surface area contributed by atoms with Crippen LogP contribution in [0.2, 0.25) is 0 Å². The summed E-state index contributed by atoms with van der Waals surface area (Å²) >= 11 is 3.25. The molecule has 9 nitrogen and oxygen atoms in total. The van der Waals surface area contributed by atoms with Crippen LogP contribution in [0.3, 0.4) is 0 Å². The molecule has 0 unspecified atom stereocenters. The molecule has 0 aliphatic carbocycles. The number of morpholine rings is 1. The number of nitrogens with two attached hydrogens (primary N) is 1. The van der Waals surface area contributed by atoms with Crippen LogP contribution in [0, 0.1) is 0 Å². The number of aromatic nitrogens is 4. The van der Waals surface area contributed by atoms with Gasteiger partial charge < -0.3 is 20.5 Å². The van der Waals surface area contributed by atoms with Gasteiger partial charge in [-0.15, -0.1) is 0 Å². The molecule has 0 spiro atoms. The third-order valence-electron chi connectivity index (χ3n) is 3.83. The Kier molecular flexibility index (Phi) is 4.67. The number of carbonyl (C=O) groups is 1. The zero-order valence-corrected chi connectivity index (χ0v) is 14.5. The van der Waals surface area contributed by atoms with Crippen molar-refractivity contribution in [1.29, 1.82) is 0 Å². The lowest BCUT2D eigenvalue weighted by Gasteiger charge is -2.36. The average molecular weight is 397 g/mol. The fourth-order valence-electron chi connectivity index (χ4n) is 2.51. The molecular formula is C14H17BrN6O3. The molecule has 3 rings (SSSR count). The van der Waals surface area contributed by atoms with E-state index in [1.54, 1.807) is 17.1 Å². The van der Waals surface area contributed by atoms with E-state index in [1.165, 1.54) is 4.90 Å². The predicted molar refractivity (Wildman–Crippen MR) is 89.3 cm³/mol. The highest BCUT2D eigenvalue weighted by molar-refractivity contribution is 9.10. The lowest BCUT2D eigenvalue weighted by molar-refractivity contribution is -0.0564. The molecule has 2 aromatic heterocycles. The van der Waals surface area contributed by atoms with Crippen molar-refractivity contribution < 1.29 is 14.6 Å². The lowest BCUT2D eigenvalue weighted by atomic mass is 10.2. The fourth-order valence-corrected chi connectivity index (χ4v) is 2.81. The Morgan fingerprint density at radius 1 is 1.54 bits per heavy atom. The number of nitrogen functional groups attached to an aromatic ring is 1. The summed E-state index contributed by atoms with van der Waals surface area (Å²) in [6.07, 6.45) is 3.90. The summed E-state index contributed by atoms with van der Waals surface area (Å²) in [7, 11) is 0. The van der Waals surface area contributed by atoms with Gasteiger partial charge in [-0.3, -0.25) is 4.68 Å². The quantitative estimate of drug-likeness (QED) is 0.805. The predicted octanol–water partition coefficient (Wildman–Crippen LogP) is 1.45. The van der Waals surface area contributed by atoms with Gasteiger partial charge in [0.1, 0.15) is 4.60 Å². The second-order valence-electron chi connectivity index (χ2n) is 5.62. The van der Waals surface area contributed by atoms with Gasteiger partial charge in [-0.25, -0.2) is 14.8 Å². The molecule has 128 valence electrons. The van der Waals surface area contributed by atoms with Crippen LogP contribution < -0.4 is 5.73 Å². The largest absolute Gasteiger partial charge is 0.465 e. The number of rotatable bonds is 3. The molecule has 0 radical (unpaired) electrons. The Morgan fingerprint density at radius 2 is 2.33 bits per heavy atom. The van der Waals surface area contributed by atoms with E-state index in [0.29, 0.717) is 35.8 Å². The summed E-state index contributed by atoms with van der Waals surface area (Å²) in [5.74, 6) is 0.324. The van der Waals surface area contributed by atoms with Gasteiger partial charge in [-0.2, -0.15) is 5.10 Å².